The van der Waals surface area contributed by atoms with Crippen molar-refractivity contribution in [3.05, 3.63) is 35.9 Å². The predicted molar refractivity (Wildman–Crippen MR) is 81.9 cm³/mol. The molecule has 1 aromatic rings. The number of fused-ring (bicyclic) bond motifs is 1. The van der Waals surface area contributed by atoms with Crippen LogP contribution < -0.4 is 0 Å². The van der Waals surface area contributed by atoms with E-state index >= 15 is 0 Å². The smallest absolute Gasteiger partial charge is 0.168 e. The van der Waals surface area contributed by atoms with E-state index in [1.165, 1.54) is 31.4 Å². The van der Waals surface area contributed by atoms with Crippen LogP contribution in [-0.4, -0.2) is 36.5 Å². The minimum absolute atomic E-state index is 0.225. The molecule has 2 saturated heterocycles. The summed E-state index contributed by atoms with van der Waals surface area (Å²) in [7, 11) is 0. The van der Waals surface area contributed by atoms with Gasteiger partial charge in [0, 0.05) is 25.4 Å². The van der Waals surface area contributed by atoms with E-state index in [2.05, 4.69) is 35.2 Å². The lowest BCUT2D eigenvalue weighted by Crippen LogP contribution is -2.52. The Bertz CT molecular complexity index is 469. The van der Waals surface area contributed by atoms with Crippen LogP contribution in [0.3, 0.4) is 0 Å². The van der Waals surface area contributed by atoms with E-state index in [0.717, 1.165) is 44.6 Å². The fourth-order valence-corrected chi connectivity index (χ4v) is 4.51. The zero-order valence-corrected chi connectivity index (χ0v) is 12.7. The molecule has 2 aliphatic heterocycles. The van der Waals surface area contributed by atoms with Gasteiger partial charge in [-0.25, -0.2) is 0 Å². The van der Waals surface area contributed by atoms with Gasteiger partial charge in [0.2, 0.25) is 0 Å². The number of hydrogen-bond acceptors (Lipinski definition) is 3. The first-order valence-corrected chi connectivity index (χ1v) is 8.41. The Morgan fingerprint density at radius 3 is 2.71 bits per heavy atom. The molecule has 2 heterocycles. The number of piperidine rings is 1. The number of likely N-dealkylation sites (tertiary alicyclic amines) is 1. The molecule has 3 aliphatic rings. The Kier molecular flexibility index (Phi) is 3.74. The van der Waals surface area contributed by atoms with E-state index < -0.39 is 0 Å². The highest BCUT2D eigenvalue weighted by Crippen LogP contribution is 2.44. The van der Waals surface area contributed by atoms with E-state index in [-0.39, 0.29) is 5.79 Å². The standard InChI is InChI=1S/C18H25NO2/c1-2-5-15(6-3-1)14-19-10-4-7-16-13-18(9-8-17(16)19)20-11-12-21-18/h1-3,5-6,16-17H,4,7-14H2. The molecule has 3 heteroatoms. The van der Waals surface area contributed by atoms with Crippen LogP contribution in [0.15, 0.2) is 30.3 Å². The van der Waals surface area contributed by atoms with Gasteiger partial charge in [-0.1, -0.05) is 30.3 Å². The molecular weight excluding hydrogens is 262 g/mol. The predicted octanol–water partition coefficient (Wildman–Crippen LogP) is 3.19. The van der Waals surface area contributed by atoms with Crippen LogP contribution in [0.25, 0.3) is 0 Å². The molecule has 1 spiro atoms. The molecule has 0 N–H and O–H groups in total. The van der Waals surface area contributed by atoms with E-state index in [0.29, 0.717) is 0 Å². The summed E-state index contributed by atoms with van der Waals surface area (Å²) in [5.41, 5.74) is 1.44. The van der Waals surface area contributed by atoms with Gasteiger partial charge in [-0.05, 0) is 37.3 Å². The second-order valence-corrected chi connectivity index (χ2v) is 6.78. The van der Waals surface area contributed by atoms with Crippen LogP contribution in [0, 0.1) is 5.92 Å². The van der Waals surface area contributed by atoms with Crippen molar-refractivity contribution in [1.82, 2.24) is 4.90 Å². The second kappa shape index (κ2) is 5.71. The largest absolute Gasteiger partial charge is 0.348 e. The maximum Gasteiger partial charge on any atom is 0.168 e. The first-order chi connectivity index (χ1) is 10.3. The van der Waals surface area contributed by atoms with Crippen molar-refractivity contribution >= 4 is 0 Å². The highest BCUT2D eigenvalue weighted by molar-refractivity contribution is 5.15. The minimum Gasteiger partial charge on any atom is -0.348 e. The summed E-state index contributed by atoms with van der Waals surface area (Å²) in [6.07, 6.45) is 6.04. The van der Waals surface area contributed by atoms with E-state index in [4.69, 9.17) is 9.47 Å². The molecule has 0 bridgehead atoms. The molecular formula is C18H25NO2. The third kappa shape index (κ3) is 2.75. The summed E-state index contributed by atoms with van der Waals surface area (Å²) in [6, 6.07) is 11.6. The van der Waals surface area contributed by atoms with Crippen molar-refractivity contribution in [1.29, 1.82) is 0 Å². The van der Waals surface area contributed by atoms with Crippen molar-refractivity contribution in [2.45, 2.75) is 50.5 Å². The molecule has 3 nitrogen and oxygen atoms in total. The summed E-state index contributed by atoms with van der Waals surface area (Å²) in [5.74, 6) is 0.519. The topological polar surface area (TPSA) is 21.7 Å². The lowest BCUT2D eigenvalue weighted by atomic mass is 9.75. The third-order valence-electron chi connectivity index (χ3n) is 5.47. The zero-order chi connectivity index (χ0) is 14.1. The third-order valence-corrected chi connectivity index (χ3v) is 5.47. The van der Waals surface area contributed by atoms with Crippen LogP contribution >= 0.6 is 0 Å². The molecule has 1 aliphatic carbocycles. The fourth-order valence-electron chi connectivity index (χ4n) is 4.51. The number of ether oxygens (including phenoxy) is 2. The van der Waals surface area contributed by atoms with Crippen LogP contribution in [0.1, 0.15) is 37.7 Å². The fraction of sp³-hybridized carbons (Fsp3) is 0.667. The molecule has 1 saturated carbocycles. The van der Waals surface area contributed by atoms with Gasteiger partial charge in [-0.15, -0.1) is 0 Å². The van der Waals surface area contributed by atoms with Gasteiger partial charge in [-0.2, -0.15) is 0 Å². The number of nitrogens with zero attached hydrogens (tertiary/aromatic N) is 1. The molecule has 114 valence electrons. The van der Waals surface area contributed by atoms with Crippen LogP contribution in [0.5, 0.6) is 0 Å². The summed E-state index contributed by atoms with van der Waals surface area (Å²) in [6.45, 7) is 3.90. The minimum atomic E-state index is -0.225. The van der Waals surface area contributed by atoms with Gasteiger partial charge in [0.25, 0.3) is 0 Å². The van der Waals surface area contributed by atoms with Crippen LogP contribution in [-0.2, 0) is 16.0 Å². The molecule has 4 rings (SSSR count). The number of rotatable bonds is 2. The zero-order valence-electron chi connectivity index (χ0n) is 12.7. The molecule has 2 unspecified atom stereocenters. The SMILES string of the molecule is c1ccc(CN2CCCC3CC4(CCC32)OCCO4)cc1. The van der Waals surface area contributed by atoms with E-state index in [9.17, 15) is 0 Å². The monoisotopic (exact) mass is 287 g/mol. The lowest BCUT2D eigenvalue weighted by Gasteiger charge is -2.48. The van der Waals surface area contributed by atoms with Gasteiger partial charge in [0.15, 0.2) is 5.79 Å². The first-order valence-electron chi connectivity index (χ1n) is 8.41. The van der Waals surface area contributed by atoms with E-state index in [1.54, 1.807) is 0 Å². The summed E-state index contributed by atoms with van der Waals surface area (Å²) >= 11 is 0. The highest BCUT2D eigenvalue weighted by atomic mass is 16.7. The quantitative estimate of drug-likeness (QED) is 0.834. The van der Waals surface area contributed by atoms with Crippen LogP contribution in [0.4, 0.5) is 0 Å². The summed E-state index contributed by atoms with van der Waals surface area (Å²) in [4.78, 5) is 2.70. The molecule has 2 atom stereocenters. The first kappa shape index (κ1) is 13.7. The van der Waals surface area contributed by atoms with Crippen molar-refractivity contribution < 1.29 is 9.47 Å². The van der Waals surface area contributed by atoms with Crippen molar-refractivity contribution in [2.24, 2.45) is 5.92 Å². The summed E-state index contributed by atoms with van der Waals surface area (Å²) in [5, 5.41) is 0. The van der Waals surface area contributed by atoms with Gasteiger partial charge in [-0.3, -0.25) is 4.90 Å². The average molecular weight is 287 g/mol. The van der Waals surface area contributed by atoms with Crippen LogP contribution in [0.2, 0.25) is 0 Å². The Morgan fingerprint density at radius 1 is 1.10 bits per heavy atom. The van der Waals surface area contributed by atoms with Crippen molar-refractivity contribution in [2.75, 3.05) is 19.8 Å². The number of hydrogen-bond donors (Lipinski definition) is 0. The normalized spacial score (nSPS) is 32.2. The molecule has 21 heavy (non-hydrogen) atoms. The maximum absolute atomic E-state index is 5.94. The molecule has 1 aromatic carbocycles. The second-order valence-electron chi connectivity index (χ2n) is 6.78. The number of benzene rings is 1. The Morgan fingerprint density at radius 2 is 1.90 bits per heavy atom. The van der Waals surface area contributed by atoms with Crippen molar-refractivity contribution in [3.63, 3.8) is 0 Å². The lowest BCUT2D eigenvalue weighted by molar-refractivity contribution is -0.201. The molecule has 0 radical (unpaired) electrons. The average Bonchev–Trinajstić information content (AvgIpc) is 2.96. The Labute approximate surface area is 127 Å². The Balaban J connectivity index is 1.46. The van der Waals surface area contributed by atoms with Gasteiger partial charge in [0.05, 0.1) is 13.2 Å². The van der Waals surface area contributed by atoms with Crippen molar-refractivity contribution in [3.8, 4) is 0 Å². The molecule has 0 amide bonds. The summed E-state index contributed by atoms with van der Waals surface area (Å²) < 4.78 is 11.9. The highest BCUT2D eigenvalue weighted by Gasteiger charge is 2.47. The van der Waals surface area contributed by atoms with E-state index in [1.807, 2.05) is 0 Å². The van der Waals surface area contributed by atoms with Gasteiger partial charge in [0.1, 0.15) is 0 Å². The molecule has 0 aromatic heterocycles. The molecule has 3 fully saturated rings. The van der Waals surface area contributed by atoms with Gasteiger partial charge >= 0.3 is 0 Å². The maximum atomic E-state index is 5.94. The van der Waals surface area contributed by atoms with Gasteiger partial charge < -0.3 is 9.47 Å². The Hall–Kier alpha value is -0.900.